The van der Waals surface area contributed by atoms with E-state index in [-0.39, 0.29) is 12.2 Å². The molecule has 3 unspecified atom stereocenters. The zero-order chi connectivity index (χ0) is 11.5. The minimum Gasteiger partial charge on any atom is -0.486 e. The van der Waals surface area contributed by atoms with Crippen LogP contribution >= 0.6 is 11.6 Å². The molecule has 1 aliphatic rings. The summed E-state index contributed by atoms with van der Waals surface area (Å²) < 4.78 is 11.1. The lowest BCUT2D eigenvalue weighted by Gasteiger charge is -2.40. The highest BCUT2D eigenvalue weighted by molar-refractivity contribution is 6.32. The van der Waals surface area contributed by atoms with Crippen molar-refractivity contribution in [3.63, 3.8) is 0 Å². The van der Waals surface area contributed by atoms with E-state index in [0.717, 1.165) is 0 Å². The molecule has 16 heavy (non-hydrogen) atoms. The molecule has 1 aromatic rings. The molecular weight excluding hydrogens is 228 g/mol. The summed E-state index contributed by atoms with van der Waals surface area (Å²) in [6, 6.07) is 7.31. The van der Waals surface area contributed by atoms with E-state index in [1.807, 2.05) is 25.1 Å². The quantitative estimate of drug-likeness (QED) is 0.880. The molecule has 88 valence electrons. The highest BCUT2D eigenvalue weighted by Gasteiger charge is 2.42. The lowest BCUT2D eigenvalue weighted by Crippen LogP contribution is -2.55. The smallest absolute Gasteiger partial charge is 0.138 e. The van der Waals surface area contributed by atoms with E-state index < -0.39 is 6.10 Å². The summed E-state index contributed by atoms with van der Waals surface area (Å²) in [5.74, 6) is 0.644. The number of benzene rings is 1. The van der Waals surface area contributed by atoms with Gasteiger partial charge in [-0.2, -0.15) is 0 Å². The van der Waals surface area contributed by atoms with Gasteiger partial charge >= 0.3 is 0 Å². The molecule has 0 amide bonds. The summed E-state index contributed by atoms with van der Waals surface area (Å²) in [4.78, 5) is 0. The normalized spacial score (nSPS) is 28.6. The number of ether oxygens (including phenoxy) is 2. The van der Waals surface area contributed by atoms with Gasteiger partial charge in [-0.1, -0.05) is 23.7 Å². The summed E-state index contributed by atoms with van der Waals surface area (Å²) in [6.45, 7) is 2.47. The van der Waals surface area contributed by atoms with Crippen molar-refractivity contribution in [3.8, 4) is 5.75 Å². The Morgan fingerprint density at radius 3 is 2.81 bits per heavy atom. The third kappa shape index (κ3) is 2.32. The van der Waals surface area contributed by atoms with E-state index in [0.29, 0.717) is 23.8 Å². The highest BCUT2D eigenvalue weighted by atomic mass is 35.5. The maximum Gasteiger partial charge on any atom is 0.138 e. The van der Waals surface area contributed by atoms with E-state index in [9.17, 15) is 5.11 Å². The van der Waals surface area contributed by atoms with Gasteiger partial charge in [0.25, 0.3) is 0 Å². The van der Waals surface area contributed by atoms with Crippen molar-refractivity contribution in [2.24, 2.45) is 0 Å². The first kappa shape index (κ1) is 11.7. The first-order valence-electron chi connectivity index (χ1n) is 5.43. The number of rotatable bonds is 4. The molecule has 2 rings (SSSR count). The number of aliphatic hydroxyl groups is 1. The van der Waals surface area contributed by atoms with Crippen LogP contribution in [0.15, 0.2) is 24.3 Å². The predicted molar refractivity (Wildman–Crippen MR) is 61.9 cm³/mol. The van der Waals surface area contributed by atoms with Gasteiger partial charge in [0.2, 0.25) is 0 Å². The van der Waals surface area contributed by atoms with Crippen molar-refractivity contribution in [1.82, 2.24) is 0 Å². The molecule has 0 aromatic heterocycles. The Bertz CT molecular complexity index is 356. The van der Waals surface area contributed by atoms with Crippen LogP contribution in [0.4, 0.5) is 0 Å². The van der Waals surface area contributed by atoms with Crippen molar-refractivity contribution in [1.29, 1.82) is 0 Å². The Morgan fingerprint density at radius 1 is 1.44 bits per heavy atom. The zero-order valence-electron chi connectivity index (χ0n) is 9.10. The van der Waals surface area contributed by atoms with Gasteiger partial charge in [-0.3, -0.25) is 0 Å². The van der Waals surface area contributed by atoms with Gasteiger partial charge in [0, 0.05) is 13.0 Å². The van der Waals surface area contributed by atoms with Gasteiger partial charge in [0.15, 0.2) is 0 Å². The molecule has 0 aliphatic heterocycles. The number of para-hydroxylation sites is 1. The first-order valence-corrected chi connectivity index (χ1v) is 5.81. The molecule has 1 aromatic carbocycles. The fraction of sp³-hybridized carbons (Fsp3) is 0.500. The van der Waals surface area contributed by atoms with Crippen LogP contribution in [0.1, 0.15) is 13.3 Å². The summed E-state index contributed by atoms with van der Waals surface area (Å²) in [7, 11) is 0. The molecule has 1 aliphatic carbocycles. The second kappa shape index (κ2) is 5.04. The average molecular weight is 243 g/mol. The number of halogens is 1. The van der Waals surface area contributed by atoms with Crippen molar-refractivity contribution in [2.75, 3.05) is 6.61 Å². The monoisotopic (exact) mass is 242 g/mol. The minimum atomic E-state index is -0.424. The molecule has 0 radical (unpaired) electrons. The second-order valence-electron chi connectivity index (χ2n) is 3.81. The van der Waals surface area contributed by atoms with Crippen LogP contribution < -0.4 is 4.74 Å². The molecule has 1 saturated carbocycles. The summed E-state index contributed by atoms with van der Waals surface area (Å²) >= 11 is 5.98. The van der Waals surface area contributed by atoms with Crippen LogP contribution in [-0.4, -0.2) is 30.0 Å². The van der Waals surface area contributed by atoms with Crippen molar-refractivity contribution in [3.05, 3.63) is 29.3 Å². The fourth-order valence-electron chi connectivity index (χ4n) is 1.79. The number of aliphatic hydroxyl groups excluding tert-OH is 1. The van der Waals surface area contributed by atoms with E-state index in [4.69, 9.17) is 21.1 Å². The summed E-state index contributed by atoms with van der Waals surface area (Å²) in [5, 5.41) is 10.1. The van der Waals surface area contributed by atoms with Gasteiger partial charge in [-0.15, -0.1) is 0 Å². The molecule has 3 nitrogen and oxygen atoms in total. The molecule has 3 atom stereocenters. The van der Waals surface area contributed by atoms with Crippen molar-refractivity contribution < 1.29 is 14.6 Å². The molecular formula is C12H15ClO3. The van der Waals surface area contributed by atoms with Gasteiger partial charge in [0.1, 0.15) is 18.0 Å². The Balaban J connectivity index is 1.98. The van der Waals surface area contributed by atoms with Crippen LogP contribution in [0.3, 0.4) is 0 Å². The zero-order valence-corrected chi connectivity index (χ0v) is 9.85. The topological polar surface area (TPSA) is 38.7 Å². The van der Waals surface area contributed by atoms with Crippen LogP contribution in [0.25, 0.3) is 0 Å². The van der Waals surface area contributed by atoms with Crippen molar-refractivity contribution in [2.45, 2.75) is 31.7 Å². The maximum atomic E-state index is 9.52. The summed E-state index contributed by atoms with van der Waals surface area (Å²) in [6.07, 6.45) is -0.167. The number of hydrogen-bond donors (Lipinski definition) is 1. The highest BCUT2D eigenvalue weighted by Crippen LogP contribution is 2.32. The summed E-state index contributed by atoms with van der Waals surface area (Å²) in [5.41, 5.74) is 0. The Morgan fingerprint density at radius 2 is 2.19 bits per heavy atom. The SMILES string of the molecule is CCOC1C(O)CC1Oc1ccccc1Cl. The molecule has 1 N–H and O–H groups in total. The largest absolute Gasteiger partial charge is 0.486 e. The van der Waals surface area contributed by atoms with Gasteiger partial charge in [-0.05, 0) is 19.1 Å². The van der Waals surface area contributed by atoms with Gasteiger partial charge in [0.05, 0.1) is 11.1 Å². The molecule has 0 heterocycles. The Hall–Kier alpha value is -0.770. The average Bonchev–Trinajstić information content (AvgIpc) is 2.28. The van der Waals surface area contributed by atoms with Crippen molar-refractivity contribution >= 4 is 11.6 Å². The van der Waals surface area contributed by atoms with Gasteiger partial charge in [-0.25, -0.2) is 0 Å². The van der Waals surface area contributed by atoms with E-state index in [1.54, 1.807) is 6.07 Å². The Kier molecular flexibility index (Phi) is 3.69. The maximum absolute atomic E-state index is 9.52. The van der Waals surface area contributed by atoms with Crippen LogP contribution in [0, 0.1) is 0 Å². The van der Waals surface area contributed by atoms with Crippen LogP contribution in [0.2, 0.25) is 5.02 Å². The minimum absolute atomic E-state index is 0.102. The standard InChI is InChI=1S/C12H15ClO3/c1-2-15-12-9(14)7-11(12)16-10-6-4-3-5-8(10)13/h3-6,9,11-12,14H,2,7H2,1H3. The lowest BCUT2D eigenvalue weighted by atomic mass is 9.88. The Labute approximate surface area is 99.9 Å². The second-order valence-corrected chi connectivity index (χ2v) is 4.22. The van der Waals surface area contributed by atoms with Crippen LogP contribution in [0.5, 0.6) is 5.75 Å². The fourth-order valence-corrected chi connectivity index (χ4v) is 1.97. The predicted octanol–water partition coefficient (Wildman–Crippen LogP) is 2.26. The van der Waals surface area contributed by atoms with E-state index in [1.165, 1.54) is 0 Å². The van der Waals surface area contributed by atoms with E-state index >= 15 is 0 Å². The number of hydrogen-bond acceptors (Lipinski definition) is 3. The lowest BCUT2D eigenvalue weighted by molar-refractivity contribution is -0.160. The third-order valence-corrected chi connectivity index (χ3v) is 3.01. The molecule has 0 bridgehead atoms. The van der Waals surface area contributed by atoms with Gasteiger partial charge < -0.3 is 14.6 Å². The molecule has 4 heteroatoms. The van der Waals surface area contributed by atoms with Crippen LogP contribution in [-0.2, 0) is 4.74 Å². The van der Waals surface area contributed by atoms with E-state index in [2.05, 4.69) is 0 Å². The third-order valence-electron chi connectivity index (χ3n) is 2.69. The molecule has 0 spiro atoms. The first-order chi connectivity index (χ1) is 7.72. The molecule has 0 saturated heterocycles. The molecule has 1 fully saturated rings.